The molecule has 2 aliphatic rings. The predicted octanol–water partition coefficient (Wildman–Crippen LogP) is 2.36. The minimum Gasteiger partial charge on any atom is -0.459 e. The van der Waals surface area contributed by atoms with E-state index >= 15 is 0 Å². The number of rotatable bonds is 2. The molecule has 84 valence electrons. The van der Waals surface area contributed by atoms with Crippen LogP contribution in [0.25, 0.3) is 0 Å². The van der Waals surface area contributed by atoms with Crippen molar-refractivity contribution < 1.29 is 9.53 Å². The first-order chi connectivity index (χ1) is 7.83. The topological polar surface area (TPSA) is 38.3 Å². The first-order valence-electron chi connectivity index (χ1n) is 5.91. The van der Waals surface area contributed by atoms with E-state index in [4.69, 9.17) is 4.74 Å². The highest BCUT2D eigenvalue weighted by atomic mass is 16.5. The van der Waals surface area contributed by atoms with Crippen molar-refractivity contribution in [3.63, 3.8) is 0 Å². The molecule has 0 bridgehead atoms. The van der Waals surface area contributed by atoms with Gasteiger partial charge in [-0.25, -0.2) is 4.79 Å². The van der Waals surface area contributed by atoms with Crippen LogP contribution < -0.4 is 5.32 Å². The number of fused-ring (bicyclic) bond motifs is 1. The van der Waals surface area contributed by atoms with E-state index in [2.05, 4.69) is 5.32 Å². The lowest BCUT2D eigenvalue weighted by atomic mass is 9.96. The molecule has 1 heterocycles. The average molecular weight is 217 g/mol. The van der Waals surface area contributed by atoms with Gasteiger partial charge in [-0.3, -0.25) is 0 Å². The maximum Gasteiger partial charge on any atom is 0.338 e. The molecule has 1 N–H and O–H groups in total. The average Bonchev–Trinajstić information content (AvgIpc) is 2.69. The van der Waals surface area contributed by atoms with Crippen molar-refractivity contribution in [2.45, 2.75) is 31.8 Å². The van der Waals surface area contributed by atoms with E-state index in [0.717, 1.165) is 31.5 Å². The number of nitrogens with one attached hydrogen (secondary N) is 1. The zero-order valence-electron chi connectivity index (χ0n) is 9.16. The normalized spacial score (nSPS) is 18.5. The predicted molar refractivity (Wildman–Crippen MR) is 61.7 cm³/mol. The van der Waals surface area contributed by atoms with Gasteiger partial charge in [0, 0.05) is 12.2 Å². The third kappa shape index (κ3) is 1.66. The summed E-state index contributed by atoms with van der Waals surface area (Å²) in [4.78, 5) is 11.8. The number of carbonyl (C=O) groups excluding carboxylic acids is 1. The van der Waals surface area contributed by atoms with Crippen molar-refractivity contribution in [1.82, 2.24) is 0 Å². The molecule has 1 aliphatic carbocycles. The summed E-state index contributed by atoms with van der Waals surface area (Å²) in [5.41, 5.74) is 3.04. The second-order valence-corrected chi connectivity index (χ2v) is 4.51. The van der Waals surface area contributed by atoms with Crippen LogP contribution in [-0.4, -0.2) is 18.6 Å². The Morgan fingerprint density at radius 1 is 1.38 bits per heavy atom. The molecule has 1 fully saturated rings. The number of carbonyl (C=O) groups is 1. The third-order valence-electron chi connectivity index (χ3n) is 3.38. The molecular formula is C13H15NO2. The summed E-state index contributed by atoms with van der Waals surface area (Å²) in [6, 6.07) is 5.79. The Kier molecular flexibility index (Phi) is 2.31. The van der Waals surface area contributed by atoms with Crippen LogP contribution in [0, 0.1) is 0 Å². The van der Waals surface area contributed by atoms with Gasteiger partial charge < -0.3 is 10.1 Å². The zero-order valence-corrected chi connectivity index (χ0v) is 9.16. The zero-order chi connectivity index (χ0) is 11.0. The summed E-state index contributed by atoms with van der Waals surface area (Å²) in [5, 5.41) is 3.27. The molecule has 0 amide bonds. The van der Waals surface area contributed by atoms with E-state index in [1.807, 2.05) is 18.2 Å². The van der Waals surface area contributed by atoms with E-state index in [0.29, 0.717) is 5.56 Å². The minimum absolute atomic E-state index is 0.161. The molecule has 1 aromatic rings. The van der Waals surface area contributed by atoms with Crippen LogP contribution in [0.4, 0.5) is 5.69 Å². The van der Waals surface area contributed by atoms with Crippen LogP contribution >= 0.6 is 0 Å². The summed E-state index contributed by atoms with van der Waals surface area (Å²) >= 11 is 0. The Morgan fingerprint density at radius 3 is 3.00 bits per heavy atom. The minimum atomic E-state index is -0.179. The molecule has 1 saturated carbocycles. The molecule has 0 spiro atoms. The lowest BCUT2D eigenvalue weighted by molar-refractivity contribution is 0.00902. The molecule has 3 heteroatoms. The van der Waals surface area contributed by atoms with Crippen LogP contribution in [0.3, 0.4) is 0 Å². The van der Waals surface area contributed by atoms with Gasteiger partial charge in [0.15, 0.2) is 0 Å². The molecule has 1 aromatic carbocycles. The van der Waals surface area contributed by atoms with Gasteiger partial charge in [-0.05, 0) is 43.4 Å². The van der Waals surface area contributed by atoms with Gasteiger partial charge in [0.2, 0.25) is 0 Å². The number of hydrogen-bond acceptors (Lipinski definition) is 3. The van der Waals surface area contributed by atoms with Crippen molar-refractivity contribution >= 4 is 11.7 Å². The molecule has 16 heavy (non-hydrogen) atoms. The standard InChI is InChI=1S/C13H15NO2/c15-13(16-11-2-1-3-11)10-5-4-9-6-7-14-12(9)8-10/h4-5,8,11,14H,1-3,6-7H2. The number of anilines is 1. The first-order valence-corrected chi connectivity index (χ1v) is 5.91. The number of hydrogen-bond donors (Lipinski definition) is 1. The highest BCUT2D eigenvalue weighted by molar-refractivity contribution is 5.91. The maximum absolute atomic E-state index is 11.8. The Bertz CT molecular complexity index is 424. The van der Waals surface area contributed by atoms with Gasteiger partial charge in [-0.15, -0.1) is 0 Å². The van der Waals surface area contributed by atoms with Gasteiger partial charge in [-0.1, -0.05) is 6.07 Å². The van der Waals surface area contributed by atoms with Crippen LogP contribution in [-0.2, 0) is 11.2 Å². The summed E-state index contributed by atoms with van der Waals surface area (Å²) in [5.74, 6) is -0.179. The van der Waals surface area contributed by atoms with Gasteiger partial charge in [0.1, 0.15) is 6.10 Å². The van der Waals surface area contributed by atoms with Crippen molar-refractivity contribution in [3.05, 3.63) is 29.3 Å². The fraction of sp³-hybridized carbons (Fsp3) is 0.462. The van der Waals surface area contributed by atoms with Gasteiger partial charge in [0.05, 0.1) is 5.56 Å². The first kappa shape index (κ1) is 9.70. The molecule has 0 radical (unpaired) electrons. The van der Waals surface area contributed by atoms with E-state index in [9.17, 15) is 4.79 Å². The highest BCUT2D eigenvalue weighted by Gasteiger charge is 2.23. The largest absolute Gasteiger partial charge is 0.459 e. The monoisotopic (exact) mass is 217 g/mol. The van der Waals surface area contributed by atoms with Crippen molar-refractivity contribution in [1.29, 1.82) is 0 Å². The van der Waals surface area contributed by atoms with E-state index in [-0.39, 0.29) is 12.1 Å². The van der Waals surface area contributed by atoms with Gasteiger partial charge >= 0.3 is 5.97 Å². The van der Waals surface area contributed by atoms with Crippen LogP contribution in [0.2, 0.25) is 0 Å². The smallest absolute Gasteiger partial charge is 0.338 e. The molecule has 0 unspecified atom stereocenters. The summed E-state index contributed by atoms with van der Waals surface area (Å²) in [6.45, 7) is 0.969. The second-order valence-electron chi connectivity index (χ2n) is 4.51. The molecule has 1 aliphatic heterocycles. The molecule has 3 nitrogen and oxygen atoms in total. The number of benzene rings is 1. The van der Waals surface area contributed by atoms with Crippen molar-refractivity contribution in [3.8, 4) is 0 Å². The summed E-state index contributed by atoms with van der Waals surface area (Å²) in [7, 11) is 0. The van der Waals surface area contributed by atoms with Gasteiger partial charge in [0.25, 0.3) is 0 Å². The maximum atomic E-state index is 11.8. The Labute approximate surface area is 94.8 Å². The molecule has 0 aromatic heterocycles. The summed E-state index contributed by atoms with van der Waals surface area (Å²) < 4.78 is 5.37. The fourth-order valence-corrected chi connectivity index (χ4v) is 2.13. The molecule has 3 rings (SSSR count). The second kappa shape index (κ2) is 3.81. The lowest BCUT2D eigenvalue weighted by Gasteiger charge is -2.25. The van der Waals surface area contributed by atoms with E-state index in [1.165, 1.54) is 12.0 Å². The van der Waals surface area contributed by atoms with Crippen LogP contribution in [0.1, 0.15) is 35.2 Å². The van der Waals surface area contributed by atoms with Crippen LogP contribution in [0.5, 0.6) is 0 Å². The summed E-state index contributed by atoms with van der Waals surface area (Å²) in [6.07, 6.45) is 4.44. The SMILES string of the molecule is O=C(OC1CCC1)c1ccc2c(c1)NCC2. The van der Waals surface area contributed by atoms with Crippen LogP contribution in [0.15, 0.2) is 18.2 Å². The number of ether oxygens (including phenoxy) is 1. The quantitative estimate of drug-likeness (QED) is 0.773. The van der Waals surface area contributed by atoms with Crippen molar-refractivity contribution in [2.75, 3.05) is 11.9 Å². The van der Waals surface area contributed by atoms with Gasteiger partial charge in [-0.2, -0.15) is 0 Å². The van der Waals surface area contributed by atoms with E-state index in [1.54, 1.807) is 0 Å². The Hall–Kier alpha value is -1.51. The Balaban J connectivity index is 1.75. The molecule has 0 atom stereocenters. The van der Waals surface area contributed by atoms with Crippen molar-refractivity contribution in [2.24, 2.45) is 0 Å². The molecular weight excluding hydrogens is 202 g/mol. The number of esters is 1. The Morgan fingerprint density at radius 2 is 2.25 bits per heavy atom. The van der Waals surface area contributed by atoms with E-state index < -0.39 is 0 Å². The third-order valence-corrected chi connectivity index (χ3v) is 3.38. The lowest BCUT2D eigenvalue weighted by Crippen LogP contribution is -2.25. The molecule has 0 saturated heterocycles. The highest BCUT2D eigenvalue weighted by Crippen LogP contribution is 2.26. The fourth-order valence-electron chi connectivity index (χ4n) is 2.13.